The number of benzene rings is 1. The van der Waals surface area contributed by atoms with Crippen molar-refractivity contribution in [3.05, 3.63) is 78.1 Å². The minimum Gasteiger partial charge on any atom is -0.366 e. The summed E-state index contributed by atoms with van der Waals surface area (Å²) in [5.41, 5.74) is 1.84. The Morgan fingerprint density at radius 3 is 2.68 bits per heavy atom. The number of likely N-dealkylation sites (N-methyl/N-ethyl adjacent to an activating group) is 1. The van der Waals surface area contributed by atoms with E-state index in [0.29, 0.717) is 17.9 Å². The normalized spacial score (nSPS) is 10.5. The van der Waals surface area contributed by atoms with Crippen LogP contribution in [0.3, 0.4) is 0 Å². The molecule has 1 N–H and O–H groups in total. The number of hydrogen-bond donors (Lipinski definition) is 1. The molecular formula is C19H20FN5. The molecule has 0 saturated carbocycles. The minimum atomic E-state index is -0.223. The summed E-state index contributed by atoms with van der Waals surface area (Å²) in [5.74, 6) is 1.27. The van der Waals surface area contributed by atoms with Gasteiger partial charge in [-0.25, -0.2) is 14.4 Å². The summed E-state index contributed by atoms with van der Waals surface area (Å²) >= 11 is 0. The fourth-order valence-electron chi connectivity index (χ4n) is 2.44. The van der Waals surface area contributed by atoms with Crippen molar-refractivity contribution in [2.45, 2.75) is 13.0 Å². The first-order valence-electron chi connectivity index (χ1n) is 8.12. The van der Waals surface area contributed by atoms with E-state index in [4.69, 9.17) is 0 Å². The third kappa shape index (κ3) is 4.73. The molecule has 25 heavy (non-hydrogen) atoms. The number of aromatic nitrogens is 3. The third-order valence-electron chi connectivity index (χ3n) is 3.95. The number of hydrogen-bond acceptors (Lipinski definition) is 5. The van der Waals surface area contributed by atoms with Gasteiger partial charge in [0.1, 0.15) is 23.8 Å². The standard InChI is InChI=1S/C19H20FN5/c1-25(11-8-15-6-9-21-10-7-15)19-12-18(23-14-24-19)22-13-16-4-2-3-5-17(16)20/h2-7,9-10,12,14H,8,11,13H2,1H3,(H,22,23,24). The number of halogens is 1. The zero-order valence-electron chi connectivity index (χ0n) is 14.1. The average molecular weight is 337 g/mol. The van der Waals surface area contributed by atoms with Gasteiger partial charge in [0.25, 0.3) is 0 Å². The van der Waals surface area contributed by atoms with Gasteiger partial charge in [0, 0.05) is 44.2 Å². The fraction of sp³-hybridized carbons (Fsp3) is 0.211. The Hall–Kier alpha value is -3.02. The van der Waals surface area contributed by atoms with Gasteiger partial charge >= 0.3 is 0 Å². The van der Waals surface area contributed by atoms with Gasteiger partial charge in [0.15, 0.2) is 0 Å². The van der Waals surface area contributed by atoms with Crippen LogP contribution in [-0.2, 0) is 13.0 Å². The van der Waals surface area contributed by atoms with E-state index in [1.807, 2.05) is 31.3 Å². The molecule has 0 aliphatic carbocycles. The summed E-state index contributed by atoms with van der Waals surface area (Å²) in [6.07, 6.45) is 6.01. The maximum atomic E-state index is 13.7. The number of nitrogens with zero attached hydrogens (tertiary/aromatic N) is 4. The SMILES string of the molecule is CN(CCc1ccncc1)c1cc(NCc2ccccc2F)ncn1. The first kappa shape index (κ1) is 16.8. The van der Waals surface area contributed by atoms with E-state index in [2.05, 4.69) is 25.2 Å². The summed E-state index contributed by atoms with van der Waals surface area (Å²) in [6.45, 7) is 1.21. The Labute approximate surface area is 146 Å². The summed E-state index contributed by atoms with van der Waals surface area (Å²) in [5, 5.41) is 3.14. The van der Waals surface area contributed by atoms with Gasteiger partial charge in [-0.3, -0.25) is 4.98 Å². The maximum Gasteiger partial charge on any atom is 0.133 e. The van der Waals surface area contributed by atoms with E-state index in [0.717, 1.165) is 18.8 Å². The van der Waals surface area contributed by atoms with Crippen LogP contribution in [0.15, 0.2) is 61.2 Å². The lowest BCUT2D eigenvalue weighted by Gasteiger charge is -2.18. The Kier molecular flexibility index (Phi) is 5.51. The molecular weight excluding hydrogens is 317 g/mol. The first-order chi connectivity index (χ1) is 12.2. The Balaban J connectivity index is 1.59. The van der Waals surface area contributed by atoms with Gasteiger partial charge in [-0.05, 0) is 30.2 Å². The molecule has 0 atom stereocenters. The van der Waals surface area contributed by atoms with Crippen LogP contribution in [0, 0.1) is 5.82 Å². The molecule has 0 bridgehead atoms. The molecule has 0 unspecified atom stereocenters. The van der Waals surface area contributed by atoms with Crippen molar-refractivity contribution in [3.63, 3.8) is 0 Å². The highest BCUT2D eigenvalue weighted by atomic mass is 19.1. The quantitative estimate of drug-likeness (QED) is 0.717. The van der Waals surface area contributed by atoms with Crippen LogP contribution in [0.2, 0.25) is 0 Å². The minimum absolute atomic E-state index is 0.223. The number of rotatable bonds is 7. The van der Waals surface area contributed by atoms with Gasteiger partial charge in [-0.2, -0.15) is 0 Å². The molecule has 5 nitrogen and oxygen atoms in total. The molecule has 3 aromatic rings. The molecule has 1 aromatic carbocycles. The largest absolute Gasteiger partial charge is 0.366 e. The number of nitrogens with one attached hydrogen (secondary N) is 1. The van der Waals surface area contributed by atoms with Gasteiger partial charge in [-0.1, -0.05) is 18.2 Å². The lowest BCUT2D eigenvalue weighted by Crippen LogP contribution is -2.21. The average Bonchev–Trinajstić information content (AvgIpc) is 2.66. The Morgan fingerprint density at radius 2 is 1.88 bits per heavy atom. The summed E-state index contributed by atoms with van der Waals surface area (Å²) in [7, 11) is 1.99. The molecule has 0 amide bonds. The zero-order chi connectivity index (χ0) is 17.5. The summed E-state index contributed by atoms with van der Waals surface area (Å²) < 4.78 is 13.7. The van der Waals surface area contributed by atoms with Crippen LogP contribution in [0.1, 0.15) is 11.1 Å². The molecule has 3 rings (SSSR count). The lowest BCUT2D eigenvalue weighted by molar-refractivity contribution is 0.613. The smallest absolute Gasteiger partial charge is 0.133 e. The van der Waals surface area contributed by atoms with E-state index in [-0.39, 0.29) is 5.82 Å². The summed E-state index contributed by atoms with van der Waals surface area (Å²) in [6, 6.07) is 12.6. The first-order valence-corrected chi connectivity index (χ1v) is 8.12. The van der Waals surface area contributed by atoms with Gasteiger partial charge < -0.3 is 10.2 Å². The van der Waals surface area contributed by atoms with Crippen molar-refractivity contribution in [1.29, 1.82) is 0 Å². The Morgan fingerprint density at radius 1 is 1.08 bits per heavy atom. The second kappa shape index (κ2) is 8.19. The van der Waals surface area contributed by atoms with Crippen molar-refractivity contribution in [3.8, 4) is 0 Å². The highest BCUT2D eigenvalue weighted by Crippen LogP contribution is 2.15. The molecule has 0 aliphatic heterocycles. The fourth-order valence-corrected chi connectivity index (χ4v) is 2.44. The van der Waals surface area contributed by atoms with Crippen molar-refractivity contribution >= 4 is 11.6 Å². The third-order valence-corrected chi connectivity index (χ3v) is 3.95. The molecule has 0 saturated heterocycles. The number of pyridine rings is 1. The monoisotopic (exact) mass is 337 g/mol. The predicted octanol–water partition coefficient (Wildman–Crippen LogP) is 3.30. The predicted molar refractivity (Wildman–Crippen MR) is 97.0 cm³/mol. The van der Waals surface area contributed by atoms with E-state index < -0.39 is 0 Å². The molecule has 0 aliphatic rings. The number of anilines is 2. The zero-order valence-corrected chi connectivity index (χ0v) is 14.1. The van der Waals surface area contributed by atoms with Gasteiger partial charge in [-0.15, -0.1) is 0 Å². The highest BCUT2D eigenvalue weighted by molar-refractivity contribution is 5.48. The molecule has 6 heteroatoms. The molecule has 0 radical (unpaired) electrons. The second-order valence-electron chi connectivity index (χ2n) is 5.73. The van der Waals surface area contributed by atoms with E-state index >= 15 is 0 Å². The van der Waals surface area contributed by atoms with Crippen LogP contribution in [0.4, 0.5) is 16.0 Å². The highest BCUT2D eigenvalue weighted by Gasteiger charge is 2.06. The van der Waals surface area contributed by atoms with Crippen LogP contribution in [0.25, 0.3) is 0 Å². The van der Waals surface area contributed by atoms with Crippen LogP contribution >= 0.6 is 0 Å². The van der Waals surface area contributed by atoms with Crippen LogP contribution in [0.5, 0.6) is 0 Å². The molecule has 2 aromatic heterocycles. The topological polar surface area (TPSA) is 53.9 Å². The van der Waals surface area contributed by atoms with E-state index in [9.17, 15) is 4.39 Å². The maximum absolute atomic E-state index is 13.7. The molecule has 2 heterocycles. The van der Waals surface area contributed by atoms with Crippen molar-refractivity contribution in [1.82, 2.24) is 15.0 Å². The van der Waals surface area contributed by atoms with Gasteiger partial charge in [0.05, 0.1) is 0 Å². The van der Waals surface area contributed by atoms with Gasteiger partial charge in [0.2, 0.25) is 0 Å². The molecule has 0 fully saturated rings. The summed E-state index contributed by atoms with van der Waals surface area (Å²) in [4.78, 5) is 14.6. The molecule has 128 valence electrons. The second-order valence-corrected chi connectivity index (χ2v) is 5.73. The van der Waals surface area contributed by atoms with E-state index in [1.54, 1.807) is 24.5 Å². The molecule has 0 spiro atoms. The van der Waals surface area contributed by atoms with Crippen molar-refractivity contribution < 1.29 is 4.39 Å². The lowest BCUT2D eigenvalue weighted by atomic mass is 10.2. The van der Waals surface area contributed by atoms with E-state index in [1.165, 1.54) is 18.0 Å². The van der Waals surface area contributed by atoms with Crippen LogP contribution in [-0.4, -0.2) is 28.5 Å². The van der Waals surface area contributed by atoms with Crippen molar-refractivity contribution in [2.24, 2.45) is 0 Å². The Bertz CT molecular complexity index is 810. The van der Waals surface area contributed by atoms with Crippen molar-refractivity contribution in [2.75, 3.05) is 23.8 Å². The van der Waals surface area contributed by atoms with Crippen LogP contribution < -0.4 is 10.2 Å².